The fourth-order valence-corrected chi connectivity index (χ4v) is 2.78. The van der Waals surface area contributed by atoms with Crippen molar-refractivity contribution in [2.75, 3.05) is 31.1 Å². The molecule has 1 heterocycles. The van der Waals surface area contributed by atoms with Crippen LogP contribution in [0.25, 0.3) is 0 Å². The zero-order valence-corrected chi connectivity index (χ0v) is 13.4. The van der Waals surface area contributed by atoms with Gasteiger partial charge in [-0.25, -0.2) is 0 Å². The lowest BCUT2D eigenvalue weighted by Crippen LogP contribution is -2.59. The number of nitrogens with one attached hydrogen (secondary N) is 1. The summed E-state index contributed by atoms with van der Waals surface area (Å²) in [5, 5.41) is 3.29. The largest absolute Gasteiger partial charge is 0.314 e. The molecule has 4 heteroatoms. The standard InChI is InChI=1S/C17H27N3O/c1-4-10-19(16-11-18-12-16)13-17(21)20(14(2)3)15-8-6-5-7-9-15/h5-9,14,16,18H,4,10-13H2,1-3H3. The monoisotopic (exact) mass is 289 g/mol. The minimum atomic E-state index is 0.169. The lowest BCUT2D eigenvalue weighted by molar-refractivity contribution is -0.120. The van der Waals surface area contributed by atoms with E-state index in [1.165, 1.54) is 0 Å². The van der Waals surface area contributed by atoms with Crippen LogP contribution in [0.3, 0.4) is 0 Å². The number of carbonyl (C=O) groups excluding carboxylic acids is 1. The Morgan fingerprint density at radius 3 is 2.43 bits per heavy atom. The van der Waals surface area contributed by atoms with Crippen LogP contribution in [0.4, 0.5) is 5.69 Å². The van der Waals surface area contributed by atoms with Crippen molar-refractivity contribution in [3.05, 3.63) is 30.3 Å². The van der Waals surface area contributed by atoms with E-state index < -0.39 is 0 Å². The maximum atomic E-state index is 12.8. The lowest BCUT2D eigenvalue weighted by Gasteiger charge is -2.39. The number of amides is 1. The third kappa shape index (κ3) is 4.05. The zero-order valence-electron chi connectivity index (χ0n) is 13.4. The van der Waals surface area contributed by atoms with Crippen LogP contribution in [0.15, 0.2) is 30.3 Å². The topological polar surface area (TPSA) is 35.6 Å². The van der Waals surface area contributed by atoms with Crippen LogP contribution < -0.4 is 10.2 Å². The maximum absolute atomic E-state index is 12.8. The van der Waals surface area contributed by atoms with Gasteiger partial charge in [-0.1, -0.05) is 25.1 Å². The smallest absolute Gasteiger partial charge is 0.241 e. The fourth-order valence-electron chi connectivity index (χ4n) is 2.78. The molecule has 21 heavy (non-hydrogen) atoms. The SMILES string of the molecule is CCCN(CC(=O)N(c1ccccc1)C(C)C)C1CNC1. The van der Waals surface area contributed by atoms with Crippen LogP contribution >= 0.6 is 0 Å². The number of carbonyl (C=O) groups is 1. The summed E-state index contributed by atoms with van der Waals surface area (Å²) < 4.78 is 0. The van der Waals surface area contributed by atoms with E-state index in [1.807, 2.05) is 35.2 Å². The molecule has 1 amide bonds. The van der Waals surface area contributed by atoms with Gasteiger partial charge in [0.2, 0.25) is 5.91 Å². The summed E-state index contributed by atoms with van der Waals surface area (Å²) >= 11 is 0. The molecule has 0 saturated carbocycles. The molecule has 0 aliphatic carbocycles. The van der Waals surface area contributed by atoms with E-state index in [4.69, 9.17) is 0 Å². The van der Waals surface area contributed by atoms with Crippen LogP contribution in [-0.2, 0) is 4.79 Å². The second-order valence-electron chi connectivity index (χ2n) is 5.98. The Bertz CT molecular complexity index is 443. The molecule has 4 nitrogen and oxygen atoms in total. The maximum Gasteiger partial charge on any atom is 0.241 e. The number of hydrogen-bond acceptors (Lipinski definition) is 3. The van der Waals surface area contributed by atoms with E-state index in [9.17, 15) is 4.79 Å². The average molecular weight is 289 g/mol. The molecule has 0 unspecified atom stereocenters. The molecule has 1 aliphatic heterocycles. The van der Waals surface area contributed by atoms with E-state index >= 15 is 0 Å². The van der Waals surface area contributed by atoms with Crippen molar-refractivity contribution in [3.63, 3.8) is 0 Å². The van der Waals surface area contributed by atoms with E-state index in [2.05, 4.69) is 31.0 Å². The Morgan fingerprint density at radius 2 is 1.95 bits per heavy atom. The summed E-state index contributed by atoms with van der Waals surface area (Å²) in [5.74, 6) is 0.191. The minimum Gasteiger partial charge on any atom is -0.314 e. The predicted octanol–water partition coefficient (Wildman–Crippen LogP) is 2.11. The van der Waals surface area contributed by atoms with Crippen LogP contribution in [0, 0.1) is 0 Å². The van der Waals surface area contributed by atoms with E-state index in [1.54, 1.807) is 0 Å². The number of para-hydroxylation sites is 1. The summed E-state index contributed by atoms with van der Waals surface area (Å²) in [6.45, 7) is 9.80. The molecule has 0 bridgehead atoms. The number of benzene rings is 1. The number of rotatable bonds is 7. The first-order chi connectivity index (χ1) is 10.1. The highest BCUT2D eigenvalue weighted by Crippen LogP contribution is 2.18. The molecule has 116 valence electrons. The highest BCUT2D eigenvalue weighted by molar-refractivity contribution is 5.95. The summed E-state index contributed by atoms with van der Waals surface area (Å²) in [6, 6.07) is 10.6. The fraction of sp³-hybridized carbons (Fsp3) is 0.588. The van der Waals surface area contributed by atoms with E-state index in [0.29, 0.717) is 12.6 Å². The Hall–Kier alpha value is -1.39. The summed E-state index contributed by atoms with van der Waals surface area (Å²) in [7, 11) is 0. The predicted molar refractivity (Wildman–Crippen MR) is 87.6 cm³/mol. The van der Waals surface area contributed by atoms with Gasteiger partial charge in [0, 0.05) is 30.9 Å². The number of nitrogens with zero attached hydrogens (tertiary/aromatic N) is 2. The van der Waals surface area contributed by atoms with Crippen molar-refractivity contribution < 1.29 is 4.79 Å². The Balaban J connectivity index is 2.07. The lowest BCUT2D eigenvalue weighted by atomic mass is 10.1. The molecule has 1 saturated heterocycles. The van der Waals surface area contributed by atoms with E-state index in [-0.39, 0.29) is 11.9 Å². The van der Waals surface area contributed by atoms with Gasteiger partial charge in [0.1, 0.15) is 0 Å². The Kier molecular flexibility index (Phi) is 5.76. The summed E-state index contributed by atoms with van der Waals surface area (Å²) in [5.41, 5.74) is 0.987. The van der Waals surface area contributed by atoms with Crippen molar-refractivity contribution in [3.8, 4) is 0 Å². The molecular formula is C17H27N3O. The first-order valence-electron chi connectivity index (χ1n) is 7.95. The van der Waals surface area contributed by atoms with Gasteiger partial charge in [-0.15, -0.1) is 0 Å². The first-order valence-corrected chi connectivity index (χ1v) is 7.95. The Labute approximate surface area is 128 Å². The highest BCUT2D eigenvalue weighted by atomic mass is 16.2. The van der Waals surface area contributed by atoms with Crippen molar-refractivity contribution in [2.45, 2.75) is 39.3 Å². The molecule has 0 spiro atoms. The summed E-state index contributed by atoms with van der Waals surface area (Å²) in [4.78, 5) is 17.0. The van der Waals surface area contributed by atoms with Crippen LogP contribution in [0.5, 0.6) is 0 Å². The molecular weight excluding hydrogens is 262 g/mol. The molecule has 0 aromatic heterocycles. The van der Waals surface area contributed by atoms with Crippen LogP contribution in [-0.4, -0.2) is 49.1 Å². The zero-order chi connectivity index (χ0) is 15.2. The normalized spacial score (nSPS) is 15.3. The summed E-state index contributed by atoms with van der Waals surface area (Å²) in [6.07, 6.45) is 1.08. The minimum absolute atomic E-state index is 0.169. The molecule has 1 N–H and O–H groups in total. The number of hydrogen-bond donors (Lipinski definition) is 1. The third-order valence-electron chi connectivity index (χ3n) is 3.94. The van der Waals surface area contributed by atoms with Crippen molar-refractivity contribution in [2.24, 2.45) is 0 Å². The second kappa shape index (κ2) is 7.57. The second-order valence-corrected chi connectivity index (χ2v) is 5.98. The van der Waals surface area contributed by atoms with E-state index in [0.717, 1.165) is 31.7 Å². The van der Waals surface area contributed by atoms with Crippen LogP contribution in [0.1, 0.15) is 27.2 Å². The average Bonchev–Trinajstić information content (AvgIpc) is 2.37. The molecule has 1 aromatic carbocycles. The van der Waals surface area contributed by atoms with Gasteiger partial charge in [0.25, 0.3) is 0 Å². The molecule has 0 radical (unpaired) electrons. The van der Waals surface area contributed by atoms with Crippen molar-refractivity contribution in [1.29, 1.82) is 0 Å². The van der Waals surface area contributed by atoms with Gasteiger partial charge in [0.05, 0.1) is 6.54 Å². The van der Waals surface area contributed by atoms with Gasteiger partial charge in [-0.3, -0.25) is 9.69 Å². The Morgan fingerprint density at radius 1 is 1.29 bits per heavy atom. The molecule has 1 aliphatic rings. The first kappa shape index (κ1) is 16.0. The van der Waals surface area contributed by atoms with Gasteiger partial charge in [-0.2, -0.15) is 0 Å². The van der Waals surface area contributed by atoms with Crippen LogP contribution in [0.2, 0.25) is 0 Å². The van der Waals surface area contributed by atoms with Gasteiger partial charge in [-0.05, 0) is 38.9 Å². The molecule has 1 aromatic rings. The van der Waals surface area contributed by atoms with Gasteiger partial charge < -0.3 is 10.2 Å². The van der Waals surface area contributed by atoms with Gasteiger partial charge in [0.15, 0.2) is 0 Å². The van der Waals surface area contributed by atoms with Gasteiger partial charge >= 0.3 is 0 Å². The third-order valence-corrected chi connectivity index (χ3v) is 3.94. The van der Waals surface area contributed by atoms with Crippen molar-refractivity contribution in [1.82, 2.24) is 10.2 Å². The molecule has 2 rings (SSSR count). The number of anilines is 1. The quantitative estimate of drug-likeness (QED) is 0.835. The highest BCUT2D eigenvalue weighted by Gasteiger charge is 2.28. The molecule has 0 atom stereocenters. The molecule has 1 fully saturated rings. The van der Waals surface area contributed by atoms with Crippen molar-refractivity contribution >= 4 is 11.6 Å².